The number of benzene rings is 1. The third kappa shape index (κ3) is 3.04. The molecule has 1 aliphatic rings. The SMILES string of the molecule is COc1ncccc1C(=O)NC1(c2ccc(F)cc2)CCCC1. The summed E-state index contributed by atoms with van der Waals surface area (Å²) in [5, 5.41) is 3.14. The maximum absolute atomic E-state index is 13.2. The average molecular weight is 314 g/mol. The fourth-order valence-corrected chi connectivity index (χ4v) is 3.24. The van der Waals surface area contributed by atoms with Crippen molar-refractivity contribution in [1.82, 2.24) is 10.3 Å². The molecule has 4 nitrogen and oxygen atoms in total. The number of nitrogens with one attached hydrogen (secondary N) is 1. The maximum Gasteiger partial charge on any atom is 0.257 e. The second-order valence-electron chi connectivity index (χ2n) is 5.81. The summed E-state index contributed by atoms with van der Waals surface area (Å²) in [5.74, 6) is -0.194. The first-order chi connectivity index (χ1) is 11.1. The van der Waals surface area contributed by atoms with Crippen molar-refractivity contribution in [3.05, 3.63) is 59.5 Å². The average Bonchev–Trinajstić information content (AvgIpc) is 3.05. The highest BCUT2D eigenvalue weighted by Gasteiger charge is 2.37. The number of carbonyl (C=O) groups excluding carboxylic acids is 1. The van der Waals surface area contributed by atoms with Crippen LogP contribution in [-0.4, -0.2) is 18.0 Å². The van der Waals surface area contributed by atoms with Crippen LogP contribution < -0.4 is 10.1 Å². The Morgan fingerprint density at radius 3 is 2.57 bits per heavy atom. The van der Waals surface area contributed by atoms with E-state index >= 15 is 0 Å². The van der Waals surface area contributed by atoms with Crippen molar-refractivity contribution in [2.45, 2.75) is 31.2 Å². The normalized spacial score (nSPS) is 16.1. The van der Waals surface area contributed by atoms with Crippen LogP contribution in [0.4, 0.5) is 4.39 Å². The molecule has 1 N–H and O–H groups in total. The first kappa shape index (κ1) is 15.5. The van der Waals surface area contributed by atoms with Gasteiger partial charge in [0.15, 0.2) is 0 Å². The molecule has 1 aromatic heterocycles. The Hall–Kier alpha value is -2.43. The van der Waals surface area contributed by atoms with Crippen LogP contribution in [0.15, 0.2) is 42.6 Å². The number of pyridine rings is 1. The Morgan fingerprint density at radius 1 is 1.22 bits per heavy atom. The largest absolute Gasteiger partial charge is 0.480 e. The van der Waals surface area contributed by atoms with Crippen molar-refractivity contribution < 1.29 is 13.9 Å². The van der Waals surface area contributed by atoms with Crippen molar-refractivity contribution in [2.24, 2.45) is 0 Å². The van der Waals surface area contributed by atoms with E-state index in [0.29, 0.717) is 11.4 Å². The summed E-state index contributed by atoms with van der Waals surface area (Å²) in [5.41, 5.74) is 0.891. The van der Waals surface area contributed by atoms with Crippen LogP contribution in [0.2, 0.25) is 0 Å². The fraction of sp³-hybridized carbons (Fsp3) is 0.333. The fourth-order valence-electron chi connectivity index (χ4n) is 3.24. The Kier molecular flexibility index (Phi) is 4.28. The van der Waals surface area contributed by atoms with E-state index in [-0.39, 0.29) is 11.7 Å². The van der Waals surface area contributed by atoms with Gasteiger partial charge in [0, 0.05) is 6.20 Å². The molecular formula is C18H19FN2O2. The van der Waals surface area contributed by atoms with Crippen LogP contribution in [0, 0.1) is 5.82 Å². The number of hydrogen-bond acceptors (Lipinski definition) is 3. The van der Waals surface area contributed by atoms with Gasteiger partial charge >= 0.3 is 0 Å². The molecule has 120 valence electrons. The maximum atomic E-state index is 13.2. The first-order valence-electron chi connectivity index (χ1n) is 7.72. The lowest BCUT2D eigenvalue weighted by atomic mass is 9.87. The third-order valence-corrected chi connectivity index (χ3v) is 4.42. The molecule has 1 aromatic carbocycles. The number of aromatic nitrogens is 1. The number of carbonyl (C=O) groups is 1. The molecule has 1 saturated carbocycles. The summed E-state index contributed by atoms with van der Waals surface area (Å²) < 4.78 is 18.4. The van der Waals surface area contributed by atoms with Gasteiger partial charge in [-0.3, -0.25) is 4.79 Å². The van der Waals surface area contributed by atoms with Crippen LogP contribution in [0.25, 0.3) is 0 Å². The molecule has 1 amide bonds. The number of amides is 1. The Labute approximate surface area is 134 Å². The van der Waals surface area contributed by atoms with E-state index in [9.17, 15) is 9.18 Å². The first-order valence-corrected chi connectivity index (χ1v) is 7.72. The van der Waals surface area contributed by atoms with E-state index < -0.39 is 5.54 Å². The minimum absolute atomic E-state index is 0.221. The lowest BCUT2D eigenvalue weighted by Gasteiger charge is -2.31. The number of methoxy groups -OCH3 is 1. The van der Waals surface area contributed by atoms with Crippen LogP contribution >= 0.6 is 0 Å². The molecule has 0 saturated heterocycles. The van der Waals surface area contributed by atoms with Crippen molar-refractivity contribution in [2.75, 3.05) is 7.11 Å². The van der Waals surface area contributed by atoms with E-state index in [0.717, 1.165) is 31.2 Å². The molecule has 0 radical (unpaired) electrons. The smallest absolute Gasteiger partial charge is 0.257 e. The van der Waals surface area contributed by atoms with Gasteiger partial charge in [0.1, 0.15) is 11.4 Å². The molecule has 0 bridgehead atoms. The second kappa shape index (κ2) is 6.36. The topological polar surface area (TPSA) is 51.2 Å². The zero-order valence-corrected chi connectivity index (χ0v) is 13.0. The summed E-state index contributed by atoms with van der Waals surface area (Å²) in [6, 6.07) is 9.77. The zero-order valence-electron chi connectivity index (χ0n) is 13.0. The van der Waals surface area contributed by atoms with Crippen molar-refractivity contribution in [3.63, 3.8) is 0 Å². The highest BCUT2D eigenvalue weighted by Crippen LogP contribution is 2.39. The predicted molar refractivity (Wildman–Crippen MR) is 84.8 cm³/mol. The molecule has 1 heterocycles. The summed E-state index contributed by atoms with van der Waals surface area (Å²) in [4.78, 5) is 16.8. The molecule has 23 heavy (non-hydrogen) atoms. The minimum Gasteiger partial charge on any atom is -0.480 e. The van der Waals surface area contributed by atoms with Crippen LogP contribution in [-0.2, 0) is 5.54 Å². The number of nitrogens with zero attached hydrogens (tertiary/aromatic N) is 1. The molecule has 0 spiro atoms. The number of ether oxygens (including phenoxy) is 1. The summed E-state index contributed by atoms with van der Waals surface area (Å²) in [7, 11) is 1.49. The Bertz CT molecular complexity index is 694. The van der Waals surface area contributed by atoms with E-state index in [1.54, 1.807) is 30.5 Å². The van der Waals surface area contributed by atoms with E-state index in [2.05, 4.69) is 10.3 Å². The van der Waals surface area contributed by atoms with E-state index in [1.165, 1.54) is 19.2 Å². The highest BCUT2D eigenvalue weighted by atomic mass is 19.1. The van der Waals surface area contributed by atoms with Gasteiger partial charge in [0.2, 0.25) is 5.88 Å². The second-order valence-corrected chi connectivity index (χ2v) is 5.81. The molecule has 2 aromatic rings. The molecular weight excluding hydrogens is 295 g/mol. The molecule has 5 heteroatoms. The summed E-state index contributed by atoms with van der Waals surface area (Å²) in [6.45, 7) is 0. The number of hydrogen-bond donors (Lipinski definition) is 1. The lowest BCUT2D eigenvalue weighted by molar-refractivity contribution is 0.0894. The third-order valence-electron chi connectivity index (χ3n) is 4.42. The molecule has 1 fully saturated rings. The quantitative estimate of drug-likeness (QED) is 0.940. The van der Waals surface area contributed by atoms with Gasteiger partial charge in [-0.05, 0) is 42.7 Å². The number of rotatable bonds is 4. The Morgan fingerprint density at radius 2 is 1.91 bits per heavy atom. The van der Waals surface area contributed by atoms with Crippen LogP contribution in [0.5, 0.6) is 5.88 Å². The van der Waals surface area contributed by atoms with Crippen molar-refractivity contribution in [3.8, 4) is 5.88 Å². The zero-order chi connectivity index (χ0) is 16.3. The molecule has 0 atom stereocenters. The minimum atomic E-state index is -0.453. The highest BCUT2D eigenvalue weighted by molar-refractivity contribution is 5.96. The number of halogens is 1. The standard InChI is InChI=1S/C18H19FN2O2/c1-23-17-15(5-4-12-20-17)16(22)21-18(10-2-3-11-18)13-6-8-14(19)9-7-13/h4-9,12H,2-3,10-11H2,1H3,(H,21,22). The lowest BCUT2D eigenvalue weighted by Crippen LogP contribution is -2.44. The van der Waals surface area contributed by atoms with E-state index in [4.69, 9.17) is 4.74 Å². The van der Waals surface area contributed by atoms with Gasteiger partial charge in [-0.15, -0.1) is 0 Å². The van der Waals surface area contributed by atoms with Gasteiger partial charge in [0.05, 0.1) is 12.6 Å². The van der Waals surface area contributed by atoms with Gasteiger partial charge in [-0.2, -0.15) is 0 Å². The van der Waals surface area contributed by atoms with Gasteiger partial charge in [-0.25, -0.2) is 9.37 Å². The van der Waals surface area contributed by atoms with Crippen LogP contribution in [0.1, 0.15) is 41.6 Å². The molecule has 1 aliphatic carbocycles. The monoisotopic (exact) mass is 314 g/mol. The Balaban J connectivity index is 1.91. The van der Waals surface area contributed by atoms with Gasteiger partial charge in [-0.1, -0.05) is 25.0 Å². The van der Waals surface area contributed by atoms with E-state index in [1.807, 2.05) is 0 Å². The molecule has 3 rings (SSSR count). The van der Waals surface area contributed by atoms with Crippen molar-refractivity contribution >= 4 is 5.91 Å². The predicted octanol–water partition coefficient (Wildman–Crippen LogP) is 3.43. The van der Waals surface area contributed by atoms with Gasteiger partial charge < -0.3 is 10.1 Å². The van der Waals surface area contributed by atoms with Crippen molar-refractivity contribution in [1.29, 1.82) is 0 Å². The molecule has 0 aliphatic heterocycles. The summed E-state index contributed by atoms with van der Waals surface area (Å²) >= 11 is 0. The molecule has 0 unspecified atom stereocenters. The van der Waals surface area contributed by atoms with Gasteiger partial charge in [0.25, 0.3) is 5.91 Å². The summed E-state index contributed by atoms with van der Waals surface area (Å²) in [6.07, 6.45) is 5.32. The van der Waals surface area contributed by atoms with Crippen LogP contribution in [0.3, 0.4) is 0 Å².